The molecule has 0 bridgehead atoms. The standard InChI is InChI=1S/C24H23FN2OS/c1-14(2)22-26-23-21(20(13-29-23)19-9-8-15(3)10-16(19)4)24(28)27(22)12-17-6-5-7-18(25)11-17/h5-11,13-14H,12H2,1-4H3. The zero-order valence-corrected chi connectivity index (χ0v) is 17.8. The minimum Gasteiger partial charge on any atom is -0.291 e. The lowest BCUT2D eigenvalue weighted by Gasteiger charge is -2.16. The maximum atomic E-state index is 13.7. The van der Waals surface area contributed by atoms with Crippen molar-refractivity contribution in [3.8, 4) is 11.1 Å². The first kappa shape index (κ1) is 19.5. The van der Waals surface area contributed by atoms with E-state index in [1.165, 1.54) is 29.0 Å². The molecule has 0 saturated heterocycles. The zero-order valence-electron chi connectivity index (χ0n) is 17.0. The van der Waals surface area contributed by atoms with Gasteiger partial charge in [-0.05, 0) is 42.7 Å². The fraction of sp³-hybridized carbons (Fsp3) is 0.250. The van der Waals surface area contributed by atoms with E-state index in [-0.39, 0.29) is 17.3 Å². The first-order valence-electron chi connectivity index (χ1n) is 9.69. The van der Waals surface area contributed by atoms with Crippen LogP contribution in [0.2, 0.25) is 0 Å². The maximum absolute atomic E-state index is 13.7. The lowest BCUT2D eigenvalue weighted by molar-refractivity contribution is 0.612. The van der Waals surface area contributed by atoms with Crippen LogP contribution in [0.25, 0.3) is 21.3 Å². The monoisotopic (exact) mass is 406 g/mol. The van der Waals surface area contributed by atoms with Crippen molar-refractivity contribution in [2.24, 2.45) is 0 Å². The Balaban J connectivity index is 1.96. The van der Waals surface area contributed by atoms with Crippen LogP contribution >= 0.6 is 11.3 Å². The first-order chi connectivity index (χ1) is 13.8. The first-order valence-corrected chi connectivity index (χ1v) is 10.6. The maximum Gasteiger partial charge on any atom is 0.263 e. The molecular formula is C24H23FN2OS. The van der Waals surface area contributed by atoms with E-state index in [1.807, 2.05) is 25.3 Å². The number of aromatic nitrogens is 2. The highest BCUT2D eigenvalue weighted by atomic mass is 32.1. The molecule has 5 heteroatoms. The summed E-state index contributed by atoms with van der Waals surface area (Å²) >= 11 is 1.50. The van der Waals surface area contributed by atoms with Crippen LogP contribution in [0.1, 0.15) is 42.3 Å². The molecule has 0 spiro atoms. The van der Waals surface area contributed by atoms with Gasteiger partial charge in [0.05, 0.1) is 11.9 Å². The topological polar surface area (TPSA) is 34.9 Å². The molecule has 0 fully saturated rings. The average molecular weight is 407 g/mol. The van der Waals surface area contributed by atoms with Crippen molar-refractivity contribution in [1.29, 1.82) is 0 Å². The molecule has 0 N–H and O–H groups in total. The summed E-state index contributed by atoms with van der Waals surface area (Å²) in [6, 6.07) is 12.6. The Labute approximate surface area is 173 Å². The second-order valence-corrected chi connectivity index (χ2v) is 8.65. The number of hydrogen-bond donors (Lipinski definition) is 0. The highest BCUT2D eigenvalue weighted by molar-refractivity contribution is 7.17. The van der Waals surface area contributed by atoms with Gasteiger partial charge < -0.3 is 0 Å². The third kappa shape index (κ3) is 3.62. The summed E-state index contributed by atoms with van der Waals surface area (Å²) in [5, 5.41) is 2.66. The largest absolute Gasteiger partial charge is 0.291 e. The normalized spacial score (nSPS) is 11.5. The van der Waals surface area contributed by atoms with Crippen LogP contribution < -0.4 is 5.56 Å². The van der Waals surface area contributed by atoms with Crippen molar-refractivity contribution in [3.05, 3.63) is 86.5 Å². The lowest BCUT2D eigenvalue weighted by Crippen LogP contribution is -2.26. The molecule has 3 nitrogen and oxygen atoms in total. The molecule has 0 atom stereocenters. The second kappa shape index (κ2) is 7.56. The van der Waals surface area contributed by atoms with Crippen molar-refractivity contribution in [1.82, 2.24) is 9.55 Å². The molecule has 0 saturated carbocycles. The molecule has 0 unspecified atom stereocenters. The molecule has 4 aromatic rings. The Morgan fingerprint density at radius 1 is 1.10 bits per heavy atom. The molecule has 0 radical (unpaired) electrons. The van der Waals surface area contributed by atoms with Gasteiger partial charge in [-0.2, -0.15) is 0 Å². The van der Waals surface area contributed by atoms with Crippen LogP contribution in [0.15, 0.2) is 52.6 Å². The molecule has 0 aliphatic carbocycles. The van der Waals surface area contributed by atoms with Crippen LogP contribution in [0.4, 0.5) is 4.39 Å². The SMILES string of the molecule is Cc1ccc(-c2csc3nc(C(C)C)n(Cc4cccc(F)c4)c(=O)c23)c(C)c1. The van der Waals surface area contributed by atoms with E-state index in [9.17, 15) is 9.18 Å². The summed E-state index contributed by atoms with van der Waals surface area (Å²) in [6.07, 6.45) is 0. The minimum atomic E-state index is -0.304. The van der Waals surface area contributed by atoms with Crippen LogP contribution in [0.5, 0.6) is 0 Å². The quantitative estimate of drug-likeness (QED) is 0.413. The highest BCUT2D eigenvalue weighted by Gasteiger charge is 2.19. The number of nitrogens with zero attached hydrogens (tertiary/aromatic N) is 2. The Bertz CT molecular complexity index is 1270. The van der Waals surface area contributed by atoms with E-state index in [0.717, 1.165) is 32.9 Å². The smallest absolute Gasteiger partial charge is 0.263 e. The van der Waals surface area contributed by atoms with Crippen molar-refractivity contribution in [2.45, 2.75) is 40.2 Å². The van der Waals surface area contributed by atoms with Gasteiger partial charge in [-0.1, -0.05) is 49.7 Å². The molecule has 2 aromatic carbocycles. The van der Waals surface area contributed by atoms with Crippen molar-refractivity contribution in [2.75, 3.05) is 0 Å². The van der Waals surface area contributed by atoms with Crippen LogP contribution in [-0.2, 0) is 6.54 Å². The number of aryl methyl sites for hydroxylation is 2. The summed E-state index contributed by atoms with van der Waals surface area (Å²) in [5.41, 5.74) is 4.97. The molecule has 0 amide bonds. The molecule has 2 heterocycles. The number of hydrogen-bond acceptors (Lipinski definition) is 3. The van der Waals surface area contributed by atoms with Gasteiger partial charge in [0.2, 0.25) is 0 Å². The Morgan fingerprint density at radius 3 is 2.59 bits per heavy atom. The van der Waals surface area contributed by atoms with Crippen LogP contribution in [-0.4, -0.2) is 9.55 Å². The van der Waals surface area contributed by atoms with Gasteiger partial charge in [0.15, 0.2) is 0 Å². The predicted molar refractivity (Wildman–Crippen MR) is 118 cm³/mol. The van der Waals surface area contributed by atoms with Gasteiger partial charge >= 0.3 is 0 Å². The molecular weight excluding hydrogens is 383 g/mol. The summed E-state index contributed by atoms with van der Waals surface area (Å²) in [7, 11) is 0. The van der Waals surface area contributed by atoms with Crippen molar-refractivity contribution < 1.29 is 4.39 Å². The van der Waals surface area contributed by atoms with Gasteiger partial charge in [-0.15, -0.1) is 11.3 Å². The number of rotatable bonds is 4. The van der Waals surface area contributed by atoms with E-state index < -0.39 is 0 Å². The van der Waals surface area contributed by atoms with Gasteiger partial charge in [-0.3, -0.25) is 9.36 Å². The third-order valence-electron chi connectivity index (χ3n) is 5.14. The van der Waals surface area contributed by atoms with Crippen molar-refractivity contribution in [3.63, 3.8) is 0 Å². The van der Waals surface area contributed by atoms with Crippen molar-refractivity contribution >= 4 is 21.6 Å². The lowest BCUT2D eigenvalue weighted by atomic mass is 9.99. The molecule has 0 aliphatic heterocycles. The van der Waals surface area contributed by atoms with E-state index in [2.05, 4.69) is 32.0 Å². The number of benzene rings is 2. The van der Waals surface area contributed by atoms with Gasteiger partial charge in [0.1, 0.15) is 16.5 Å². The van der Waals surface area contributed by atoms with Crippen LogP contribution in [0.3, 0.4) is 0 Å². The summed E-state index contributed by atoms with van der Waals surface area (Å²) in [4.78, 5) is 19.2. The van der Waals surface area contributed by atoms with Gasteiger partial charge in [0, 0.05) is 16.9 Å². The van der Waals surface area contributed by atoms with Crippen LogP contribution in [0, 0.1) is 19.7 Å². The Kier molecular flexibility index (Phi) is 5.09. The molecule has 29 heavy (non-hydrogen) atoms. The van der Waals surface area contributed by atoms with Gasteiger partial charge in [-0.25, -0.2) is 9.37 Å². The molecule has 2 aromatic heterocycles. The molecule has 148 valence electrons. The summed E-state index contributed by atoms with van der Waals surface area (Å²) in [6.45, 7) is 8.47. The zero-order chi connectivity index (χ0) is 20.7. The third-order valence-corrected chi connectivity index (χ3v) is 6.01. The molecule has 4 rings (SSSR count). The fourth-order valence-electron chi connectivity index (χ4n) is 3.77. The molecule has 0 aliphatic rings. The Morgan fingerprint density at radius 2 is 1.90 bits per heavy atom. The summed E-state index contributed by atoms with van der Waals surface area (Å²) in [5.74, 6) is 0.496. The highest BCUT2D eigenvalue weighted by Crippen LogP contribution is 2.34. The fourth-order valence-corrected chi connectivity index (χ4v) is 4.70. The van der Waals surface area contributed by atoms with E-state index >= 15 is 0 Å². The van der Waals surface area contributed by atoms with E-state index in [1.54, 1.807) is 10.6 Å². The predicted octanol–water partition coefficient (Wildman–Crippen LogP) is 6.05. The second-order valence-electron chi connectivity index (χ2n) is 7.79. The average Bonchev–Trinajstić information content (AvgIpc) is 3.08. The number of fused-ring (bicyclic) bond motifs is 1. The summed E-state index contributed by atoms with van der Waals surface area (Å²) < 4.78 is 15.4. The van der Waals surface area contributed by atoms with E-state index in [4.69, 9.17) is 4.98 Å². The minimum absolute atomic E-state index is 0.0702. The van der Waals surface area contributed by atoms with E-state index in [0.29, 0.717) is 11.9 Å². The number of halogens is 1. The number of thiophene rings is 1. The van der Waals surface area contributed by atoms with Gasteiger partial charge in [0.25, 0.3) is 5.56 Å². The Hall–Kier alpha value is -2.79.